The third-order valence-electron chi connectivity index (χ3n) is 2.96. The summed E-state index contributed by atoms with van der Waals surface area (Å²) in [5.41, 5.74) is -1.21. The molecule has 0 heterocycles. The summed E-state index contributed by atoms with van der Waals surface area (Å²) < 4.78 is 39.7. The second-order valence-electron chi connectivity index (χ2n) is 5.63. The van der Waals surface area contributed by atoms with Crippen LogP contribution in [0.25, 0.3) is 0 Å². The van der Waals surface area contributed by atoms with Crippen LogP contribution in [0.5, 0.6) is 0 Å². The van der Waals surface area contributed by atoms with Gasteiger partial charge in [0.1, 0.15) is 0 Å². The highest BCUT2D eigenvalue weighted by molar-refractivity contribution is 9.10. The largest absolute Gasteiger partial charge is 0.417 e. The van der Waals surface area contributed by atoms with Gasteiger partial charge in [0.2, 0.25) is 0 Å². The zero-order valence-electron chi connectivity index (χ0n) is 12.5. The average Bonchev–Trinajstić information content (AvgIpc) is 2.33. The third-order valence-corrected chi connectivity index (χ3v) is 3.46. The molecule has 0 saturated carbocycles. The molecule has 0 aliphatic heterocycles. The van der Waals surface area contributed by atoms with Crippen LogP contribution in [0.15, 0.2) is 22.7 Å². The van der Waals surface area contributed by atoms with E-state index in [1.165, 1.54) is 17.0 Å². The van der Waals surface area contributed by atoms with Gasteiger partial charge in [-0.2, -0.15) is 13.2 Å². The highest BCUT2D eigenvalue weighted by atomic mass is 79.9. The van der Waals surface area contributed by atoms with Gasteiger partial charge in [-0.3, -0.25) is 4.79 Å². The fourth-order valence-electron chi connectivity index (χ4n) is 2.01. The first-order chi connectivity index (χ1) is 9.54. The molecular weight excluding hydrogens is 347 g/mol. The van der Waals surface area contributed by atoms with Gasteiger partial charge < -0.3 is 4.90 Å². The van der Waals surface area contributed by atoms with Gasteiger partial charge in [0.25, 0.3) is 5.91 Å². The maximum Gasteiger partial charge on any atom is 0.417 e. The number of amides is 1. The molecule has 0 bridgehead atoms. The summed E-state index contributed by atoms with van der Waals surface area (Å²) in [6.45, 7) is 7.87. The molecule has 0 atom stereocenters. The Kier molecular flexibility index (Phi) is 5.84. The molecule has 21 heavy (non-hydrogen) atoms. The summed E-state index contributed by atoms with van der Waals surface area (Å²) in [4.78, 5) is 14.0. The van der Waals surface area contributed by atoms with Crippen molar-refractivity contribution in [2.45, 2.75) is 39.9 Å². The molecule has 1 aromatic carbocycles. The van der Waals surface area contributed by atoms with Crippen molar-refractivity contribution >= 4 is 21.8 Å². The molecule has 2 nitrogen and oxygen atoms in total. The second kappa shape index (κ2) is 6.81. The van der Waals surface area contributed by atoms with Crippen molar-refractivity contribution in [3.05, 3.63) is 33.8 Å². The van der Waals surface area contributed by atoms with Gasteiger partial charge >= 0.3 is 6.18 Å². The van der Waals surface area contributed by atoms with E-state index < -0.39 is 17.6 Å². The van der Waals surface area contributed by atoms with Crippen molar-refractivity contribution in [2.75, 3.05) is 6.54 Å². The Balaban J connectivity index is 3.28. The maximum absolute atomic E-state index is 13.1. The van der Waals surface area contributed by atoms with Gasteiger partial charge in [0.15, 0.2) is 0 Å². The minimum Gasteiger partial charge on any atom is -0.336 e. The summed E-state index contributed by atoms with van der Waals surface area (Å²) in [5.74, 6) is -0.403. The first kappa shape index (κ1) is 18.0. The number of hydrogen-bond acceptors (Lipinski definition) is 1. The molecule has 1 rings (SSSR count). The summed E-state index contributed by atoms with van der Waals surface area (Å²) >= 11 is 3.02. The van der Waals surface area contributed by atoms with Crippen LogP contribution < -0.4 is 0 Å². The molecule has 0 spiro atoms. The molecule has 1 aromatic rings. The topological polar surface area (TPSA) is 20.3 Å². The quantitative estimate of drug-likeness (QED) is 0.737. The minimum absolute atomic E-state index is 0.162. The molecule has 0 aliphatic carbocycles. The third kappa shape index (κ3) is 4.73. The Morgan fingerprint density at radius 3 is 2.24 bits per heavy atom. The van der Waals surface area contributed by atoms with Crippen molar-refractivity contribution in [2.24, 2.45) is 5.92 Å². The molecule has 0 radical (unpaired) electrons. The highest BCUT2D eigenvalue weighted by Crippen LogP contribution is 2.34. The van der Waals surface area contributed by atoms with Crippen LogP contribution in [-0.4, -0.2) is 23.4 Å². The monoisotopic (exact) mass is 365 g/mol. The first-order valence-corrected chi connectivity index (χ1v) is 7.51. The number of benzene rings is 1. The van der Waals surface area contributed by atoms with E-state index in [1.54, 1.807) is 13.8 Å². The number of carbonyl (C=O) groups is 1. The average molecular weight is 366 g/mol. The van der Waals surface area contributed by atoms with E-state index in [4.69, 9.17) is 0 Å². The molecule has 6 heteroatoms. The summed E-state index contributed by atoms with van der Waals surface area (Å²) in [7, 11) is 0. The standard InChI is InChI=1S/C15H19BrF3NO/c1-9(2)8-20(10(3)4)14(21)12-6-5-11(16)7-13(12)15(17,18)19/h5-7,9-10H,8H2,1-4H3. The molecule has 0 aliphatic rings. The smallest absolute Gasteiger partial charge is 0.336 e. The molecule has 118 valence electrons. The van der Waals surface area contributed by atoms with Crippen molar-refractivity contribution in [3.63, 3.8) is 0 Å². The molecule has 1 amide bonds. The Hall–Kier alpha value is -1.04. The molecule has 0 saturated heterocycles. The first-order valence-electron chi connectivity index (χ1n) is 6.71. The Morgan fingerprint density at radius 2 is 1.81 bits per heavy atom. The van der Waals surface area contributed by atoms with Crippen molar-refractivity contribution in [3.8, 4) is 0 Å². The number of alkyl halides is 3. The fourth-order valence-corrected chi connectivity index (χ4v) is 2.37. The number of rotatable bonds is 4. The highest BCUT2D eigenvalue weighted by Gasteiger charge is 2.36. The Morgan fingerprint density at radius 1 is 1.24 bits per heavy atom. The van der Waals surface area contributed by atoms with E-state index in [9.17, 15) is 18.0 Å². The van der Waals surface area contributed by atoms with Gasteiger partial charge in [-0.25, -0.2) is 0 Å². The van der Waals surface area contributed by atoms with Gasteiger partial charge in [-0.05, 0) is 38.0 Å². The SMILES string of the molecule is CC(C)CN(C(=O)c1ccc(Br)cc1C(F)(F)F)C(C)C. The minimum atomic E-state index is -4.56. The number of halogens is 4. The van der Waals surface area contributed by atoms with Crippen LogP contribution in [0.2, 0.25) is 0 Å². The molecular formula is C15H19BrF3NO. The van der Waals surface area contributed by atoms with Gasteiger partial charge in [0, 0.05) is 17.1 Å². The molecule has 0 unspecified atom stereocenters. The predicted molar refractivity (Wildman–Crippen MR) is 80.2 cm³/mol. The zero-order chi connectivity index (χ0) is 16.4. The lowest BCUT2D eigenvalue weighted by molar-refractivity contribution is -0.138. The van der Waals surface area contributed by atoms with Crippen LogP contribution in [0.3, 0.4) is 0 Å². The fraction of sp³-hybridized carbons (Fsp3) is 0.533. The van der Waals surface area contributed by atoms with Crippen molar-refractivity contribution in [1.29, 1.82) is 0 Å². The number of hydrogen-bond donors (Lipinski definition) is 0. The summed E-state index contributed by atoms with van der Waals surface area (Å²) in [6.07, 6.45) is -4.56. The summed E-state index contributed by atoms with van der Waals surface area (Å²) in [6, 6.07) is 3.47. The van der Waals surface area contributed by atoms with Crippen LogP contribution >= 0.6 is 15.9 Å². The van der Waals surface area contributed by atoms with E-state index in [2.05, 4.69) is 15.9 Å². The van der Waals surface area contributed by atoms with Gasteiger partial charge in [-0.15, -0.1) is 0 Å². The number of nitrogens with zero attached hydrogens (tertiary/aromatic N) is 1. The predicted octanol–water partition coefficient (Wildman–Crippen LogP) is 4.97. The molecule has 0 N–H and O–H groups in total. The molecule has 0 aromatic heterocycles. The lowest BCUT2D eigenvalue weighted by atomic mass is 10.0. The van der Waals surface area contributed by atoms with E-state index in [0.717, 1.165) is 6.07 Å². The number of carbonyl (C=O) groups excluding carboxylic acids is 1. The van der Waals surface area contributed by atoms with E-state index in [-0.39, 0.29) is 17.5 Å². The van der Waals surface area contributed by atoms with Crippen LogP contribution in [0.4, 0.5) is 13.2 Å². The Bertz CT molecular complexity index is 512. The van der Waals surface area contributed by atoms with Crippen LogP contribution in [0.1, 0.15) is 43.6 Å². The second-order valence-corrected chi connectivity index (χ2v) is 6.55. The van der Waals surface area contributed by atoms with E-state index in [0.29, 0.717) is 11.0 Å². The maximum atomic E-state index is 13.1. The lowest BCUT2D eigenvalue weighted by Crippen LogP contribution is -2.40. The van der Waals surface area contributed by atoms with Crippen molar-refractivity contribution < 1.29 is 18.0 Å². The molecule has 0 fully saturated rings. The normalized spacial score (nSPS) is 12.1. The van der Waals surface area contributed by atoms with Gasteiger partial charge in [-0.1, -0.05) is 29.8 Å². The van der Waals surface area contributed by atoms with Crippen molar-refractivity contribution in [1.82, 2.24) is 4.90 Å². The zero-order valence-corrected chi connectivity index (χ0v) is 14.0. The van der Waals surface area contributed by atoms with Gasteiger partial charge in [0.05, 0.1) is 11.1 Å². The van der Waals surface area contributed by atoms with E-state index in [1.807, 2.05) is 13.8 Å². The summed E-state index contributed by atoms with van der Waals surface area (Å²) in [5, 5.41) is 0. The van der Waals surface area contributed by atoms with Crippen LogP contribution in [-0.2, 0) is 6.18 Å². The Labute approximate surface area is 131 Å². The lowest BCUT2D eigenvalue weighted by Gasteiger charge is -2.29. The van der Waals surface area contributed by atoms with E-state index >= 15 is 0 Å². The van der Waals surface area contributed by atoms with Crippen LogP contribution in [0, 0.1) is 5.92 Å².